The van der Waals surface area contributed by atoms with Gasteiger partial charge in [-0.3, -0.25) is 0 Å². The van der Waals surface area contributed by atoms with Gasteiger partial charge in [-0.25, -0.2) is 9.59 Å². The van der Waals surface area contributed by atoms with E-state index in [4.69, 9.17) is 14.6 Å². The highest BCUT2D eigenvalue weighted by Gasteiger charge is 2.24. The highest BCUT2D eigenvalue weighted by molar-refractivity contribution is 5.81. The number of aliphatic hydroxyl groups is 1. The fourth-order valence-electron chi connectivity index (χ4n) is 1.41. The van der Waals surface area contributed by atoms with Gasteiger partial charge < -0.3 is 19.9 Å². The minimum atomic E-state index is -0.783. The quantitative estimate of drug-likeness (QED) is 0.527. The van der Waals surface area contributed by atoms with Gasteiger partial charge in [0.2, 0.25) is 0 Å². The summed E-state index contributed by atoms with van der Waals surface area (Å²) in [5, 5.41) is 11.3. The Labute approximate surface area is 120 Å². The maximum atomic E-state index is 11.9. The van der Waals surface area contributed by atoms with Crippen molar-refractivity contribution in [1.29, 1.82) is 0 Å². The van der Waals surface area contributed by atoms with Crippen LogP contribution in [-0.4, -0.2) is 42.0 Å². The zero-order valence-corrected chi connectivity index (χ0v) is 12.9. The van der Waals surface area contributed by atoms with Crippen molar-refractivity contribution in [3.8, 4) is 0 Å². The molecular formula is C14H27NO5. The van der Waals surface area contributed by atoms with Crippen molar-refractivity contribution in [3.05, 3.63) is 0 Å². The van der Waals surface area contributed by atoms with Gasteiger partial charge in [-0.1, -0.05) is 13.3 Å². The summed E-state index contributed by atoms with van der Waals surface area (Å²) in [6.45, 7) is 7.52. The molecule has 1 atom stereocenters. The number of hydrogen-bond acceptors (Lipinski definition) is 5. The Morgan fingerprint density at radius 1 is 1.25 bits per heavy atom. The van der Waals surface area contributed by atoms with E-state index >= 15 is 0 Å². The summed E-state index contributed by atoms with van der Waals surface area (Å²) < 4.78 is 10.2. The van der Waals surface area contributed by atoms with Gasteiger partial charge >= 0.3 is 12.1 Å². The normalized spacial score (nSPS) is 12.7. The molecule has 118 valence electrons. The molecule has 0 heterocycles. The zero-order chi connectivity index (χ0) is 15.6. The van der Waals surface area contributed by atoms with E-state index in [0.29, 0.717) is 19.4 Å². The number of alkyl carbamates (subject to hydrolysis) is 1. The molecule has 0 radical (unpaired) electrons. The first kappa shape index (κ1) is 18.7. The minimum Gasteiger partial charge on any atom is -0.464 e. The third-order valence-corrected chi connectivity index (χ3v) is 2.37. The summed E-state index contributed by atoms with van der Waals surface area (Å²) in [6, 6.07) is -0.783. The van der Waals surface area contributed by atoms with Crippen LogP contribution in [0.15, 0.2) is 0 Å². The Morgan fingerprint density at radius 2 is 1.90 bits per heavy atom. The average Bonchev–Trinajstić information content (AvgIpc) is 2.32. The predicted octanol–water partition coefficient (Wildman–Crippen LogP) is 2.00. The second-order valence-corrected chi connectivity index (χ2v) is 5.59. The molecule has 0 bridgehead atoms. The Bertz CT molecular complexity index is 298. The van der Waals surface area contributed by atoms with Crippen LogP contribution in [0, 0.1) is 0 Å². The number of aliphatic hydroxyl groups excluding tert-OH is 1. The smallest absolute Gasteiger partial charge is 0.408 e. The molecule has 0 saturated heterocycles. The summed E-state index contributed by atoms with van der Waals surface area (Å²) in [4.78, 5) is 23.5. The van der Waals surface area contributed by atoms with E-state index in [1.165, 1.54) is 0 Å². The Morgan fingerprint density at radius 3 is 2.40 bits per heavy atom. The molecule has 0 aliphatic rings. The van der Waals surface area contributed by atoms with Crippen LogP contribution in [0.5, 0.6) is 0 Å². The van der Waals surface area contributed by atoms with Crippen LogP contribution in [0.25, 0.3) is 0 Å². The van der Waals surface area contributed by atoms with E-state index in [0.717, 1.165) is 12.8 Å². The number of amides is 1. The molecule has 0 fully saturated rings. The van der Waals surface area contributed by atoms with Crippen LogP contribution in [0.1, 0.15) is 53.4 Å². The molecule has 2 N–H and O–H groups in total. The third kappa shape index (κ3) is 9.61. The van der Waals surface area contributed by atoms with Crippen LogP contribution < -0.4 is 5.32 Å². The van der Waals surface area contributed by atoms with E-state index in [9.17, 15) is 9.59 Å². The molecule has 6 nitrogen and oxygen atoms in total. The number of ether oxygens (including phenoxy) is 2. The number of unbranched alkanes of at least 4 members (excludes halogenated alkanes) is 1. The van der Waals surface area contributed by atoms with Gasteiger partial charge in [-0.05, 0) is 40.0 Å². The van der Waals surface area contributed by atoms with Crippen molar-refractivity contribution < 1.29 is 24.2 Å². The van der Waals surface area contributed by atoms with Crippen molar-refractivity contribution in [2.24, 2.45) is 0 Å². The SMILES string of the molecule is CCCCOC(=O)[C@H](CCCO)NC(=O)OC(C)(C)C. The molecule has 0 aromatic rings. The number of nitrogens with one attached hydrogen (secondary N) is 1. The number of rotatable bonds is 8. The second-order valence-electron chi connectivity index (χ2n) is 5.59. The number of carbonyl (C=O) groups excluding carboxylic acids is 2. The summed E-state index contributed by atoms with van der Waals surface area (Å²) in [7, 11) is 0. The van der Waals surface area contributed by atoms with E-state index < -0.39 is 23.7 Å². The van der Waals surface area contributed by atoms with Crippen molar-refractivity contribution in [2.75, 3.05) is 13.2 Å². The van der Waals surface area contributed by atoms with E-state index in [1.807, 2.05) is 6.92 Å². The van der Waals surface area contributed by atoms with Gasteiger partial charge in [0.25, 0.3) is 0 Å². The topological polar surface area (TPSA) is 84.9 Å². The molecule has 0 rings (SSSR count). The van der Waals surface area contributed by atoms with Gasteiger partial charge in [-0.15, -0.1) is 0 Å². The van der Waals surface area contributed by atoms with Crippen molar-refractivity contribution in [2.45, 2.75) is 65.0 Å². The highest BCUT2D eigenvalue weighted by atomic mass is 16.6. The zero-order valence-electron chi connectivity index (χ0n) is 12.9. The molecule has 0 aromatic heterocycles. The van der Waals surface area contributed by atoms with Gasteiger partial charge in [0.05, 0.1) is 6.61 Å². The van der Waals surface area contributed by atoms with Crippen LogP contribution >= 0.6 is 0 Å². The van der Waals surface area contributed by atoms with Crippen molar-refractivity contribution >= 4 is 12.1 Å². The molecule has 0 aliphatic heterocycles. The number of esters is 1. The van der Waals surface area contributed by atoms with Crippen LogP contribution in [-0.2, 0) is 14.3 Å². The lowest BCUT2D eigenvalue weighted by molar-refractivity contribution is -0.146. The summed E-state index contributed by atoms with van der Waals surface area (Å²) in [5.41, 5.74) is -0.627. The highest BCUT2D eigenvalue weighted by Crippen LogP contribution is 2.08. The lowest BCUT2D eigenvalue weighted by atomic mass is 10.1. The van der Waals surface area contributed by atoms with Crippen LogP contribution in [0.3, 0.4) is 0 Å². The lowest BCUT2D eigenvalue weighted by Crippen LogP contribution is -2.44. The first-order valence-corrected chi connectivity index (χ1v) is 7.07. The first-order chi connectivity index (χ1) is 9.30. The van der Waals surface area contributed by atoms with E-state index in [2.05, 4.69) is 5.32 Å². The maximum Gasteiger partial charge on any atom is 0.408 e. The summed E-state index contributed by atoms with van der Waals surface area (Å²) in [6.07, 6.45) is 1.77. The Hall–Kier alpha value is -1.30. The van der Waals surface area contributed by atoms with Gasteiger partial charge in [0, 0.05) is 6.61 Å². The summed E-state index contributed by atoms with van der Waals surface area (Å²) >= 11 is 0. The largest absolute Gasteiger partial charge is 0.464 e. The molecular weight excluding hydrogens is 262 g/mol. The standard InChI is InChI=1S/C14H27NO5/c1-5-6-10-19-12(17)11(8-7-9-16)15-13(18)20-14(2,3)4/h11,16H,5-10H2,1-4H3,(H,15,18)/t11-/m0/s1. The minimum absolute atomic E-state index is 0.0469. The Kier molecular flexibility index (Phi) is 8.96. The fraction of sp³-hybridized carbons (Fsp3) is 0.857. The van der Waals surface area contributed by atoms with Crippen molar-refractivity contribution in [1.82, 2.24) is 5.32 Å². The van der Waals surface area contributed by atoms with E-state index in [-0.39, 0.29) is 6.61 Å². The third-order valence-electron chi connectivity index (χ3n) is 2.37. The van der Waals surface area contributed by atoms with Gasteiger partial charge in [0.1, 0.15) is 11.6 Å². The molecule has 20 heavy (non-hydrogen) atoms. The average molecular weight is 289 g/mol. The molecule has 1 amide bonds. The maximum absolute atomic E-state index is 11.9. The number of hydrogen-bond donors (Lipinski definition) is 2. The van der Waals surface area contributed by atoms with E-state index in [1.54, 1.807) is 20.8 Å². The monoisotopic (exact) mass is 289 g/mol. The van der Waals surface area contributed by atoms with Crippen LogP contribution in [0.2, 0.25) is 0 Å². The molecule has 0 aliphatic carbocycles. The molecule has 6 heteroatoms. The predicted molar refractivity (Wildman–Crippen MR) is 75.3 cm³/mol. The lowest BCUT2D eigenvalue weighted by Gasteiger charge is -2.22. The molecule has 0 spiro atoms. The Balaban J connectivity index is 4.39. The molecule has 0 unspecified atom stereocenters. The molecule has 0 aromatic carbocycles. The van der Waals surface area contributed by atoms with Crippen LogP contribution in [0.4, 0.5) is 4.79 Å². The van der Waals surface area contributed by atoms with Gasteiger partial charge in [0.15, 0.2) is 0 Å². The summed E-state index contributed by atoms with van der Waals surface area (Å²) in [5.74, 6) is -0.488. The fourth-order valence-corrected chi connectivity index (χ4v) is 1.41. The number of carbonyl (C=O) groups is 2. The van der Waals surface area contributed by atoms with Crippen molar-refractivity contribution in [3.63, 3.8) is 0 Å². The molecule has 0 saturated carbocycles. The first-order valence-electron chi connectivity index (χ1n) is 7.07. The second kappa shape index (κ2) is 9.58. The van der Waals surface area contributed by atoms with Gasteiger partial charge in [-0.2, -0.15) is 0 Å².